The van der Waals surface area contributed by atoms with Gasteiger partial charge in [0.2, 0.25) is 0 Å². The van der Waals surface area contributed by atoms with Crippen molar-refractivity contribution in [2.24, 2.45) is 0 Å². The molecule has 0 heteroatoms. The van der Waals surface area contributed by atoms with E-state index < -0.39 is 0 Å². The molecule has 17 heavy (non-hydrogen) atoms. The molecular weight excluding hydrogens is 204 g/mol. The lowest BCUT2D eigenvalue weighted by atomic mass is 10.0. The maximum Gasteiger partial charge on any atom is -0.00298 e. The van der Waals surface area contributed by atoms with Gasteiger partial charge in [-0.1, -0.05) is 55.5 Å². The van der Waals surface area contributed by atoms with Crippen LogP contribution >= 0.6 is 0 Å². The Kier molecular flexibility index (Phi) is 2.36. The molecule has 2 aromatic carbocycles. The molecular formula is C17H16. The summed E-state index contributed by atoms with van der Waals surface area (Å²) in [6, 6.07) is 13.2. The van der Waals surface area contributed by atoms with Gasteiger partial charge in [-0.25, -0.2) is 0 Å². The van der Waals surface area contributed by atoms with Crippen molar-refractivity contribution in [3.05, 3.63) is 59.7 Å². The minimum atomic E-state index is 1.09. The molecule has 2 aromatic rings. The van der Waals surface area contributed by atoms with E-state index in [4.69, 9.17) is 0 Å². The summed E-state index contributed by atoms with van der Waals surface area (Å²) < 4.78 is 0. The second kappa shape index (κ2) is 3.89. The quantitative estimate of drug-likeness (QED) is 0.664. The van der Waals surface area contributed by atoms with E-state index in [0.29, 0.717) is 0 Å². The van der Waals surface area contributed by atoms with Gasteiger partial charge in [-0.3, -0.25) is 0 Å². The number of hydrogen-bond acceptors (Lipinski definition) is 0. The molecule has 0 saturated carbocycles. The molecule has 0 nitrogen and oxygen atoms in total. The number of benzene rings is 2. The number of allylic oxidation sites excluding steroid dienone is 4. The van der Waals surface area contributed by atoms with E-state index in [0.717, 1.165) is 6.42 Å². The lowest BCUT2D eigenvalue weighted by Gasteiger charge is -2.02. The van der Waals surface area contributed by atoms with Crippen LogP contribution in [0.15, 0.2) is 48.6 Å². The minimum Gasteiger partial charge on any atom is -0.0870 e. The SMILES string of the molecule is C/C=C\C1=C(CC)c2cccc3cccc1c23. The maximum absolute atomic E-state index is 2.25. The van der Waals surface area contributed by atoms with Crippen LogP contribution in [0.3, 0.4) is 0 Å². The van der Waals surface area contributed by atoms with Gasteiger partial charge >= 0.3 is 0 Å². The summed E-state index contributed by atoms with van der Waals surface area (Å²) in [6.45, 7) is 4.33. The molecule has 0 saturated heterocycles. The summed E-state index contributed by atoms with van der Waals surface area (Å²) in [7, 11) is 0. The van der Waals surface area contributed by atoms with Gasteiger partial charge in [0.25, 0.3) is 0 Å². The third-order valence-corrected chi connectivity index (χ3v) is 3.53. The van der Waals surface area contributed by atoms with Crippen LogP contribution in [0.5, 0.6) is 0 Å². The van der Waals surface area contributed by atoms with Crippen molar-refractivity contribution in [2.45, 2.75) is 20.3 Å². The topological polar surface area (TPSA) is 0 Å². The van der Waals surface area contributed by atoms with Gasteiger partial charge < -0.3 is 0 Å². The Bertz CT molecular complexity index is 637. The molecule has 0 bridgehead atoms. The van der Waals surface area contributed by atoms with Gasteiger partial charge in [0, 0.05) is 0 Å². The van der Waals surface area contributed by atoms with Crippen molar-refractivity contribution >= 4 is 21.9 Å². The molecule has 0 spiro atoms. The molecule has 0 atom stereocenters. The van der Waals surface area contributed by atoms with Crippen molar-refractivity contribution in [1.82, 2.24) is 0 Å². The fraction of sp³-hybridized carbons (Fsp3) is 0.176. The first-order chi connectivity index (χ1) is 8.36. The molecule has 0 amide bonds. The summed E-state index contributed by atoms with van der Waals surface area (Å²) in [5, 5.41) is 2.78. The highest BCUT2D eigenvalue weighted by molar-refractivity contribution is 6.15. The lowest BCUT2D eigenvalue weighted by Crippen LogP contribution is -1.79. The van der Waals surface area contributed by atoms with E-state index in [1.807, 2.05) is 0 Å². The van der Waals surface area contributed by atoms with E-state index in [2.05, 4.69) is 62.4 Å². The van der Waals surface area contributed by atoms with Crippen LogP contribution in [-0.2, 0) is 0 Å². The van der Waals surface area contributed by atoms with Crippen molar-refractivity contribution in [3.63, 3.8) is 0 Å². The van der Waals surface area contributed by atoms with Gasteiger partial charge in [0.1, 0.15) is 0 Å². The summed E-state index contributed by atoms with van der Waals surface area (Å²) in [5.74, 6) is 0. The summed E-state index contributed by atoms with van der Waals surface area (Å²) in [5.41, 5.74) is 5.71. The fourth-order valence-corrected chi connectivity index (χ4v) is 2.86. The monoisotopic (exact) mass is 220 g/mol. The Hall–Kier alpha value is -1.82. The van der Waals surface area contributed by atoms with Crippen LogP contribution in [0, 0.1) is 0 Å². The second-order valence-corrected chi connectivity index (χ2v) is 4.46. The highest BCUT2D eigenvalue weighted by Gasteiger charge is 2.20. The summed E-state index contributed by atoms with van der Waals surface area (Å²) in [4.78, 5) is 0. The standard InChI is InChI=1S/C17H16/c1-3-7-14-13(4-2)15-10-5-8-12-9-6-11-16(14)17(12)15/h3,5-11H,4H2,1-2H3/b7-3-. The Balaban J connectivity index is 2.43. The third kappa shape index (κ3) is 1.37. The molecule has 1 aliphatic rings. The van der Waals surface area contributed by atoms with Crippen molar-refractivity contribution < 1.29 is 0 Å². The van der Waals surface area contributed by atoms with Crippen LogP contribution in [0.1, 0.15) is 31.4 Å². The van der Waals surface area contributed by atoms with Crippen LogP contribution < -0.4 is 0 Å². The zero-order valence-electron chi connectivity index (χ0n) is 10.3. The predicted octanol–water partition coefficient (Wildman–Crippen LogP) is 5.05. The molecule has 0 heterocycles. The Morgan fingerprint density at radius 3 is 2.35 bits per heavy atom. The average Bonchev–Trinajstić information content (AvgIpc) is 2.67. The predicted molar refractivity (Wildman–Crippen MR) is 75.9 cm³/mol. The van der Waals surface area contributed by atoms with E-state index in [9.17, 15) is 0 Å². The van der Waals surface area contributed by atoms with Gasteiger partial charge in [-0.15, -0.1) is 0 Å². The molecule has 0 unspecified atom stereocenters. The molecule has 0 radical (unpaired) electrons. The van der Waals surface area contributed by atoms with E-state index in [-0.39, 0.29) is 0 Å². The zero-order valence-corrected chi connectivity index (χ0v) is 10.3. The molecule has 0 aliphatic heterocycles. The maximum atomic E-state index is 2.25. The van der Waals surface area contributed by atoms with Crippen LogP contribution in [-0.4, -0.2) is 0 Å². The number of rotatable bonds is 2. The normalized spacial score (nSPS) is 14.2. The van der Waals surface area contributed by atoms with E-state index in [1.54, 1.807) is 0 Å². The zero-order chi connectivity index (χ0) is 11.8. The molecule has 84 valence electrons. The molecule has 0 N–H and O–H groups in total. The lowest BCUT2D eigenvalue weighted by molar-refractivity contribution is 1.25. The fourth-order valence-electron chi connectivity index (χ4n) is 2.86. The first-order valence-corrected chi connectivity index (χ1v) is 6.25. The Labute approximate surface area is 102 Å². The minimum absolute atomic E-state index is 1.09. The summed E-state index contributed by atoms with van der Waals surface area (Å²) >= 11 is 0. The molecule has 0 fully saturated rings. The van der Waals surface area contributed by atoms with Crippen LogP contribution in [0.2, 0.25) is 0 Å². The molecule has 3 rings (SSSR count). The van der Waals surface area contributed by atoms with Crippen LogP contribution in [0.4, 0.5) is 0 Å². The van der Waals surface area contributed by atoms with E-state index in [1.165, 1.54) is 33.0 Å². The van der Waals surface area contributed by atoms with Crippen molar-refractivity contribution in [1.29, 1.82) is 0 Å². The smallest absolute Gasteiger partial charge is 0.00298 e. The largest absolute Gasteiger partial charge is 0.0870 e. The van der Waals surface area contributed by atoms with Gasteiger partial charge in [0.05, 0.1) is 0 Å². The van der Waals surface area contributed by atoms with Gasteiger partial charge in [-0.2, -0.15) is 0 Å². The number of hydrogen-bond donors (Lipinski definition) is 0. The van der Waals surface area contributed by atoms with Gasteiger partial charge in [0.15, 0.2) is 0 Å². The highest BCUT2D eigenvalue weighted by Crippen LogP contribution is 2.43. The first-order valence-electron chi connectivity index (χ1n) is 6.25. The van der Waals surface area contributed by atoms with E-state index >= 15 is 0 Å². The highest BCUT2D eigenvalue weighted by atomic mass is 14.2. The average molecular weight is 220 g/mol. The van der Waals surface area contributed by atoms with Crippen molar-refractivity contribution in [2.75, 3.05) is 0 Å². The molecule has 0 aromatic heterocycles. The third-order valence-electron chi connectivity index (χ3n) is 3.53. The first kappa shape index (κ1) is 10.3. The second-order valence-electron chi connectivity index (χ2n) is 4.46. The van der Waals surface area contributed by atoms with Gasteiger partial charge in [-0.05, 0) is 46.4 Å². The molecule has 1 aliphatic carbocycles. The Morgan fingerprint density at radius 1 is 1.00 bits per heavy atom. The summed E-state index contributed by atoms with van der Waals surface area (Å²) in [6.07, 6.45) is 5.47. The van der Waals surface area contributed by atoms with Crippen LogP contribution in [0.25, 0.3) is 21.9 Å². The Morgan fingerprint density at radius 2 is 1.71 bits per heavy atom. The van der Waals surface area contributed by atoms with Crippen molar-refractivity contribution in [3.8, 4) is 0 Å².